The lowest BCUT2D eigenvalue weighted by Gasteiger charge is -2.25. The number of fused-ring (bicyclic) bond motifs is 1. The molecule has 0 saturated heterocycles. The van der Waals surface area contributed by atoms with Crippen molar-refractivity contribution in [2.24, 2.45) is 0 Å². The summed E-state index contributed by atoms with van der Waals surface area (Å²) in [7, 11) is 1.55. The van der Waals surface area contributed by atoms with E-state index in [-0.39, 0.29) is 18.9 Å². The molecule has 0 saturated carbocycles. The minimum atomic E-state index is -0.910. The molecule has 0 spiro atoms. The largest absolute Gasteiger partial charge is 0.496 e. The normalized spacial score (nSPS) is 15.6. The van der Waals surface area contributed by atoms with Crippen molar-refractivity contribution in [1.82, 2.24) is 0 Å². The second-order valence-corrected chi connectivity index (χ2v) is 6.33. The molecule has 1 aliphatic heterocycles. The van der Waals surface area contributed by atoms with Gasteiger partial charge in [0.2, 0.25) is 0 Å². The lowest BCUT2D eigenvalue weighted by molar-refractivity contribution is -0.149. The Bertz CT molecular complexity index is 808. The van der Waals surface area contributed by atoms with Gasteiger partial charge in [-0.15, -0.1) is 0 Å². The first-order chi connectivity index (χ1) is 12.1. The van der Waals surface area contributed by atoms with Crippen LogP contribution in [0.25, 0.3) is 0 Å². The molecule has 0 unspecified atom stereocenters. The zero-order valence-corrected chi connectivity index (χ0v) is 15.0. The second kappa shape index (κ2) is 7.57. The highest BCUT2D eigenvalue weighted by molar-refractivity contribution is 9.10. The van der Waals surface area contributed by atoms with Crippen molar-refractivity contribution in [3.8, 4) is 11.5 Å². The predicted octanol–water partition coefficient (Wildman–Crippen LogP) is 3.29. The van der Waals surface area contributed by atoms with E-state index >= 15 is 0 Å². The number of hydrogen-bond acceptors (Lipinski definition) is 5. The highest BCUT2D eigenvalue weighted by Crippen LogP contribution is 2.30. The van der Waals surface area contributed by atoms with Crippen LogP contribution in [0.4, 0.5) is 5.69 Å². The fourth-order valence-corrected chi connectivity index (χ4v) is 2.86. The van der Waals surface area contributed by atoms with Crippen molar-refractivity contribution in [1.29, 1.82) is 0 Å². The first-order valence-corrected chi connectivity index (χ1v) is 8.40. The van der Waals surface area contributed by atoms with Gasteiger partial charge in [0, 0.05) is 10.0 Å². The van der Waals surface area contributed by atoms with Gasteiger partial charge < -0.3 is 19.5 Å². The van der Waals surface area contributed by atoms with E-state index in [1.165, 1.54) is 0 Å². The van der Waals surface area contributed by atoms with Crippen molar-refractivity contribution in [2.75, 3.05) is 12.4 Å². The van der Waals surface area contributed by atoms with Gasteiger partial charge >= 0.3 is 5.97 Å². The molecule has 25 heavy (non-hydrogen) atoms. The number of carbonyl (C=O) groups is 2. The first-order valence-electron chi connectivity index (χ1n) is 7.61. The molecule has 2 aromatic rings. The SMILES string of the molecule is COc1ccc(Br)cc1COC(=O)C[C@@H]1Oc2ccccc2NC1=O. The van der Waals surface area contributed by atoms with Gasteiger partial charge in [-0.25, -0.2) is 0 Å². The molecule has 1 amide bonds. The van der Waals surface area contributed by atoms with Crippen LogP contribution in [-0.4, -0.2) is 25.1 Å². The number of nitrogens with one attached hydrogen (secondary N) is 1. The Balaban J connectivity index is 1.60. The highest BCUT2D eigenvalue weighted by Gasteiger charge is 2.30. The molecule has 0 aliphatic carbocycles. The van der Waals surface area contributed by atoms with E-state index in [4.69, 9.17) is 14.2 Å². The van der Waals surface area contributed by atoms with Crippen LogP contribution in [0.5, 0.6) is 11.5 Å². The number of para-hydroxylation sites is 2. The van der Waals surface area contributed by atoms with Crippen LogP contribution in [0, 0.1) is 0 Å². The predicted molar refractivity (Wildman–Crippen MR) is 94.6 cm³/mol. The topological polar surface area (TPSA) is 73.9 Å². The van der Waals surface area contributed by atoms with E-state index < -0.39 is 12.1 Å². The standard InChI is InChI=1S/C18H16BrNO5/c1-23-14-7-6-12(19)8-11(14)10-24-17(21)9-16-18(22)20-13-4-2-3-5-15(13)25-16/h2-8,16H,9-10H2,1H3,(H,20,22)/t16-/m0/s1. The van der Waals surface area contributed by atoms with Crippen molar-refractivity contribution < 1.29 is 23.8 Å². The summed E-state index contributed by atoms with van der Waals surface area (Å²) in [5, 5.41) is 2.72. The molecule has 0 radical (unpaired) electrons. The molecule has 6 nitrogen and oxygen atoms in total. The quantitative estimate of drug-likeness (QED) is 0.772. The molecule has 3 rings (SSSR count). The van der Waals surface area contributed by atoms with Crippen LogP contribution in [-0.2, 0) is 20.9 Å². The van der Waals surface area contributed by atoms with E-state index in [0.717, 1.165) is 10.0 Å². The summed E-state index contributed by atoms with van der Waals surface area (Å²) in [6, 6.07) is 12.5. The molecular weight excluding hydrogens is 390 g/mol. The summed E-state index contributed by atoms with van der Waals surface area (Å²) in [5.41, 5.74) is 1.32. The molecular formula is C18H16BrNO5. The van der Waals surface area contributed by atoms with Gasteiger partial charge in [-0.3, -0.25) is 9.59 Å². The zero-order chi connectivity index (χ0) is 17.8. The van der Waals surface area contributed by atoms with Crippen molar-refractivity contribution in [3.63, 3.8) is 0 Å². The Morgan fingerprint density at radius 3 is 2.88 bits per heavy atom. The average molecular weight is 406 g/mol. The van der Waals surface area contributed by atoms with Crippen LogP contribution in [0.2, 0.25) is 0 Å². The van der Waals surface area contributed by atoms with E-state index in [1.54, 1.807) is 37.4 Å². The first kappa shape index (κ1) is 17.3. The number of esters is 1. The molecule has 1 heterocycles. The van der Waals surface area contributed by atoms with Gasteiger partial charge in [-0.05, 0) is 30.3 Å². The lowest BCUT2D eigenvalue weighted by Crippen LogP contribution is -2.38. The van der Waals surface area contributed by atoms with Crippen LogP contribution in [0.1, 0.15) is 12.0 Å². The Labute approximate surface area is 153 Å². The summed E-state index contributed by atoms with van der Waals surface area (Å²) < 4.78 is 16.9. The number of rotatable bonds is 5. The van der Waals surface area contributed by atoms with Gasteiger partial charge in [0.25, 0.3) is 5.91 Å². The number of carbonyl (C=O) groups excluding carboxylic acids is 2. The van der Waals surface area contributed by atoms with E-state index in [0.29, 0.717) is 17.2 Å². The molecule has 0 aromatic heterocycles. The van der Waals surface area contributed by atoms with Crippen LogP contribution < -0.4 is 14.8 Å². The Morgan fingerprint density at radius 1 is 1.28 bits per heavy atom. The maximum Gasteiger partial charge on any atom is 0.310 e. The summed E-state index contributed by atoms with van der Waals surface area (Å²) in [6.45, 7) is 0.0480. The van der Waals surface area contributed by atoms with E-state index in [9.17, 15) is 9.59 Å². The molecule has 0 fully saturated rings. The van der Waals surface area contributed by atoms with Crippen LogP contribution in [0.3, 0.4) is 0 Å². The second-order valence-electron chi connectivity index (χ2n) is 5.41. The maximum absolute atomic E-state index is 12.1. The van der Waals surface area contributed by atoms with E-state index in [1.807, 2.05) is 12.1 Å². The minimum absolute atomic E-state index is 0.0480. The van der Waals surface area contributed by atoms with Gasteiger partial charge in [0.15, 0.2) is 6.10 Å². The van der Waals surface area contributed by atoms with Gasteiger partial charge in [0.05, 0.1) is 19.2 Å². The van der Waals surface area contributed by atoms with Gasteiger partial charge in [0.1, 0.15) is 18.1 Å². The van der Waals surface area contributed by atoms with Gasteiger partial charge in [-0.1, -0.05) is 28.1 Å². The molecule has 1 N–H and O–H groups in total. The number of methoxy groups -OCH3 is 1. The number of amides is 1. The lowest BCUT2D eigenvalue weighted by atomic mass is 10.1. The minimum Gasteiger partial charge on any atom is -0.496 e. The third-order valence-corrected chi connectivity index (χ3v) is 4.18. The summed E-state index contributed by atoms with van der Waals surface area (Å²) >= 11 is 3.37. The number of benzene rings is 2. The Morgan fingerprint density at radius 2 is 2.08 bits per heavy atom. The summed E-state index contributed by atoms with van der Waals surface area (Å²) in [4.78, 5) is 24.1. The smallest absolute Gasteiger partial charge is 0.310 e. The third-order valence-electron chi connectivity index (χ3n) is 3.69. The fourth-order valence-electron chi connectivity index (χ4n) is 2.46. The number of ether oxygens (including phenoxy) is 3. The fraction of sp³-hybridized carbons (Fsp3) is 0.222. The molecule has 1 atom stereocenters. The molecule has 2 aromatic carbocycles. The molecule has 0 bridgehead atoms. The summed E-state index contributed by atoms with van der Waals surface area (Å²) in [6.07, 6.45) is -1.08. The van der Waals surface area contributed by atoms with Crippen molar-refractivity contribution in [3.05, 3.63) is 52.5 Å². The average Bonchev–Trinajstić information content (AvgIpc) is 2.60. The van der Waals surface area contributed by atoms with Crippen LogP contribution in [0.15, 0.2) is 46.9 Å². The third kappa shape index (κ3) is 4.11. The number of hydrogen-bond donors (Lipinski definition) is 1. The Hall–Kier alpha value is -2.54. The maximum atomic E-state index is 12.1. The molecule has 7 heteroatoms. The van der Waals surface area contributed by atoms with Crippen LogP contribution >= 0.6 is 15.9 Å². The Kier molecular flexibility index (Phi) is 5.23. The summed E-state index contributed by atoms with van der Waals surface area (Å²) in [5.74, 6) is 0.266. The molecule has 1 aliphatic rings. The molecule has 130 valence electrons. The monoisotopic (exact) mass is 405 g/mol. The van der Waals surface area contributed by atoms with Gasteiger partial charge in [-0.2, -0.15) is 0 Å². The van der Waals surface area contributed by atoms with E-state index in [2.05, 4.69) is 21.2 Å². The highest BCUT2D eigenvalue weighted by atomic mass is 79.9. The zero-order valence-electron chi connectivity index (χ0n) is 13.5. The number of anilines is 1. The van der Waals surface area contributed by atoms with Crippen molar-refractivity contribution >= 4 is 33.5 Å². The van der Waals surface area contributed by atoms with Crippen molar-refractivity contribution in [2.45, 2.75) is 19.1 Å². The number of halogens is 1.